The molecule has 0 aromatic heterocycles. The third-order valence-electron chi connectivity index (χ3n) is 7.18. The van der Waals surface area contributed by atoms with Crippen molar-refractivity contribution >= 4 is 29.9 Å². The van der Waals surface area contributed by atoms with Crippen LogP contribution in [0.4, 0.5) is 0 Å². The molecule has 156 valence electrons. The van der Waals surface area contributed by atoms with Gasteiger partial charge < -0.3 is 20.3 Å². The summed E-state index contributed by atoms with van der Waals surface area (Å²) in [6.07, 6.45) is 11.0. The molecule has 4 saturated heterocycles. The van der Waals surface area contributed by atoms with Gasteiger partial charge in [0.05, 0.1) is 18.2 Å². The number of nitrogens with one attached hydrogen (secondary N) is 2. The van der Waals surface area contributed by atoms with Crippen LogP contribution in [-0.2, 0) is 4.74 Å². The molecule has 4 fully saturated rings. The molecule has 0 radical (unpaired) electrons. The zero-order valence-corrected chi connectivity index (χ0v) is 19.4. The minimum absolute atomic E-state index is 0. The van der Waals surface area contributed by atoms with E-state index in [2.05, 4.69) is 32.5 Å². The Balaban J connectivity index is 0.00000210. The van der Waals surface area contributed by atoms with Gasteiger partial charge in [0.2, 0.25) is 0 Å². The summed E-state index contributed by atoms with van der Waals surface area (Å²) in [5, 5.41) is 7.35. The molecule has 0 aromatic carbocycles. The van der Waals surface area contributed by atoms with Crippen LogP contribution in [0.3, 0.4) is 0 Å². The number of halogens is 1. The van der Waals surface area contributed by atoms with E-state index in [0.29, 0.717) is 18.2 Å². The van der Waals surface area contributed by atoms with Crippen molar-refractivity contribution in [3.63, 3.8) is 0 Å². The van der Waals surface area contributed by atoms with E-state index in [9.17, 15) is 0 Å². The van der Waals surface area contributed by atoms with Crippen molar-refractivity contribution in [3.05, 3.63) is 0 Å². The van der Waals surface area contributed by atoms with Crippen molar-refractivity contribution in [1.29, 1.82) is 0 Å². The summed E-state index contributed by atoms with van der Waals surface area (Å²) in [5.74, 6) is 0.960. The molecule has 0 amide bonds. The summed E-state index contributed by atoms with van der Waals surface area (Å²) in [6, 6.07) is 0.434. The van der Waals surface area contributed by atoms with E-state index in [1.165, 1.54) is 71.1 Å². The number of piperidine rings is 2. The predicted molar refractivity (Wildman–Crippen MR) is 121 cm³/mol. The predicted octanol–water partition coefficient (Wildman–Crippen LogP) is 2.04. The lowest BCUT2D eigenvalue weighted by atomic mass is 9.84. The van der Waals surface area contributed by atoms with Crippen LogP contribution in [0.1, 0.15) is 51.4 Å². The summed E-state index contributed by atoms with van der Waals surface area (Å²) in [5.41, 5.74) is 0.287. The fourth-order valence-corrected chi connectivity index (χ4v) is 5.42. The molecule has 4 heterocycles. The Labute approximate surface area is 181 Å². The maximum absolute atomic E-state index is 5.99. The SMILES string of the molecule is CN=C(NCC1(N2CCCCC2)CCN(C)CC1)NC1CC2CCC1O2.I. The maximum Gasteiger partial charge on any atom is 0.191 e. The first-order valence-corrected chi connectivity index (χ1v) is 10.7. The smallest absolute Gasteiger partial charge is 0.191 e. The van der Waals surface area contributed by atoms with Crippen molar-refractivity contribution in [2.45, 2.75) is 75.2 Å². The lowest BCUT2D eigenvalue weighted by Crippen LogP contribution is -2.62. The van der Waals surface area contributed by atoms with E-state index in [1.54, 1.807) is 0 Å². The highest BCUT2D eigenvalue weighted by Crippen LogP contribution is 2.34. The second kappa shape index (κ2) is 9.59. The number of hydrogen-bond acceptors (Lipinski definition) is 4. The fraction of sp³-hybridized carbons (Fsp3) is 0.950. The van der Waals surface area contributed by atoms with Gasteiger partial charge in [-0.3, -0.25) is 9.89 Å². The van der Waals surface area contributed by atoms with E-state index in [0.717, 1.165) is 18.9 Å². The summed E-state index contributed by atoms with van der Waals surface area (Å²) < 4.78 is 5.99. The van der Waals surface area contributed by atoms with Crippen LogP contribution in [0.2, 0.25) is 0 Å². The molecule has 4 aliphatic rings. The Bertz CT molecular complexity index is 503. The van der Waals surface area contributed by atoms with Crippen molar-refractivity contribution in [2.24, 2.45) is 4.99 Å². The molecular formula is C20H38IN5O. The molecular weight excluding hydrogens is 453 g/mol. The van der Waals surface area contributed by atoms with Crippen LogP contribution in [0.5, 0.6) is 0 Å². The van der Waals surface area contributed by atoms with Gasteiger partial charge >= 0.3 is 0 Å². The largest absolute Gasteiger partial charge is 0.373 e. The van der Waals surface area contributed by atoms with Crippen molar-refractivity contribution in [2.75, 3.05) is 46.8 Å². The summed E-state index contributed by atoms with van der Waals surface area (Å²) in [6.45, 7) is 5.92. The highest BCUT2D eigenvalue weighted by Gasteiger charge is 2.42. The van der Waals surface area contributed by atoms with E-state index in [4.69, 9.17) is 4.74 Å². The molecule has 0 aromatic rings. The van der Waals surface area contributed by atoms with Crippen LogP contribution in [0.15, 0.2) is 4.99 Å². The molecule has 4 rings (SSSR count). The van der Waals surface area contributed by atoms with E-state index >= 15 is 0 Å². The average molecular weight is 491 g/mol. The summed E-state index contributed by atoms with van der Waals surface area (Å²) in [7, 11) is 4.15. The zero-order chi connectivity index (χ0) is 18.0. The van der Waals surface area contributed by atoms with Crippen LogP contribution >= 0.6 is 24.0 Å². The van der Waals surface area contributed by atoms with Crippen LogP contribution in [0.25, 0.3) is 0 Å². The maximum atomic E-state index is 5.99. The second-order valence-electron chi connectivity index (χ2n) is 8.86. The Morgan fingerprint density at radius 2 is 1.85 bits per heavy atom. The number of guanidine groups is 1. The lowest BCUT2D eigenvalue weighted by Gasteiger charge is -2.50. The highest BCUT2D eigenvalue weighted by atomic mass is 127. The van der Waals surface area contributed by atoms with Gasteiger partial charge in [0, 0.05) is 19.1 Å². The standard InChI is InChI=1S/C20H37N5O.HI/c1-21-19(23-17-14-16-6-7-18(17)26-16)22-15-20(8-12-24(2)13-9-20)25-10-4-3-5-11-25;/h16-18H,3-15H2,1-2H3,(H2,21,22,23);1H. The third-order valence-corrected chi connectivity index (χ3v) is 7.18. The number of ether oxygens (including phenoxy) is 1. The molecule has 4 aliphatic heterocycles. The average Bonchev–Trinajstić information content (AvgIpc) is 3.30. The molecule has 2 bridgehead atoms. The Morgan fingerprint density at radius 3 is 2.44 bits per heavy atom. The second-order valence-corrected chi connectivity index (χ2v) is 8.86. The molecule has 0 spiro atoms. The first-order chi connectivity index (χ1) is 12.7. The van der Waals surface area contributed by atoms with Gasteiger partial charge in [0.1, 0.15) is 0 Å². The Hall–Kier alpha value is -0.120. The minimum Gasteiger partial charge on any atom is -0.373 e. The molecule has 3 unspecified atom stereocenters. The Kier molecular flexibility index (Phi) is 7.66. The number of nitrogens with zero attached hydrogens (tertiary/aromatic N) is 3. The molecule has 6 nitrogen and oxygen atoms in total. The van der Waals surface area contributed by atoms with Crippen LogP contribution in [0, 0.1) is 0 Å². The number of hydrogen-bond donors (Lipinski definition) is 2. The third kappa shape index (κ3) is 4.90. The first kappa shape index (κ1) is 21.6. The normalized spacial score (nSPS) is 34.3. The summed E-state index contributed by atoms with van der Waals surface area (Å²) in [4.78, 5) is 9.78. The van der Waals surface area contributed by atoms with Crippen molar-refractivity contribution in [3.8, 4) is 0 Å². The molecule has 7 heteroatoms. The summed E-state index contributed by atoms with van der Waals surface area (Å²) >= 11 is 0. The number of likely N-dealkylation sites (tertiary alicyclic amines) is 2. The van der Waals surface area contributed by atoms with Crippen LogP contribution in [-0.4, -0.2) is 86.4 Å². The van der Waals surface area contributed by atoms with Gasteiger partial charge in [-0.05, 0) is 78.2 Å². The molecule has 0 aliphatic carbocycles. The van der Waals surface area contributed by atoms with Gasteiger partial charge in [-0.1, -0.05) is 6.42 Å². The molecule has 3 atom stereocenters. The van der Waals surface area contributed by atoms with Gasteiger partial charge in [0.25, 0.3) is 0 Å². The highest BCUT2D eigenvalue weighted by molar-refractivity contribution is 14.0. The van der Waals surface area contributed by atoms with Crippen LogP contribution < -0.4 is 10.6 Å². The lowest BCUT2D eigenvalue weighted by molar-refractivity contribution is 0.0172. The van der Waals surface area contributed by atoms with E-state index in [1.807, 2.05) is 7.05 Å². The zero-order valence-electron chi connectivity index (χ0n) is 17.1. The van der Waals surface area contributed by atoms with Crippen molar-refractivity contribution < 1.29 is 4.74 Å². The molecule has 2 N–H and O–H groups in total. The van der Waals surface area contributed by atoms with Gasteiger partial charge in [-0.25, -0.2) is 0 Å². The quantitative estimate of drug-likeness (QED) is 0.358. The topological polar surface area (TPSA) is 52.1 Å². The van der Waals surface area contributed by atoms with Gasteiger partial charge in [0.15, 0.2) is 5.96 Å². The monoisotopic (exact) mass is 491 g/mol. The number of fused-ring (bicyclic) bond motifs is 2. The first-order valence-electron chi connectivity index (χ1n) is 10.7. The number of aliphatic imine (C=N–C) groups is 1. The fourth-order valence-electron chi connectivity index (χ4n) is 5.42. The van der Waals surface area contributed by atoms with Gasteiger partial charge in [-0.2, -0.15) is 0 Å². The molecule has 27 heavy (non-hydrogen) atoms. The number of rotatable bonds is 4. The van der Waals surface area contributed by atoms with E-state index < -0.39 is 0 Å². The Morgan fingerprint density at radius 1 is 1.11 bits per heavy atom. The van der Waals surface area contributed by atoms with Crippen molar-refractivity contribution in [1.82, 2.24) is 20.4 Å². The minimum atomic E-state index is 0. The van der Waals surface area contributed by atoms with Gasteiger partial charge in [-0.15, -0.1) is 24.0 Å². The van der Waals surface area contributed by atoms with E-state index in [-0.39, 0.29) is 29.5 Å². The molecule has 0 saturated carbocycles.